The Balaban J connectivity index is 0.00000225. The van der Waals surface area contributed by atoms with Crippen LogP contribution < -0.4 is 33.9 Å². The third kappa shape index (κ3) is 5.53. The fraction of sp³-hybridized carbons (Fsp3) is 0.360. The number of aromatic nitrogens is 2. The fourth-order valence-corrected chi connectivity index (χ4v) is 3.60. The van der Waals surface area contributed by atoms with Crippen molar-refractivity contribution in [2.24, 2.45) is 0 Å². The number of phenolic OH excluding ortho intramolecular Hbond substituents is 1. The van der Waals surface area contributed by atoms with E-state index < -0.39 is 0 Å². The summed E-state index contributed by atoms with van der Waals surface area (Å²) in [6, 6.07) is 16.6. The molecule has 0 aliphatic rings. The van der Waals surface area contributed by atoms with Crippen LogP contribution in [0, 0.1) is 0 Å². The van der Waals surface area contributed by atoms with Crippen LogP contribution in [-0.4, -0.2) is 5.11 Å². The van der Waals surface area contributed by atoms with Crippen LogP contribution in [0.3, 0.4) is 0 Å². The molecule has 0 saturated heterocycles. The molecule has 3 aromatic rings. The molecule has 0 atom stereocenters. The van der Waals surface area contributed by atoms with E-state index in [2.05, 4.69) is 87.6 Å². The highest BCUT2D eigenvalue weighted by molar-refractivity contribution is 5.50. The zero-order valence-corrected chi connectivity index (χ0v) is 20.1. The molecule has 2 aromatic heterocycles. The Bertz CT molecular complexity index is 872. The molecule has 162 valence electrons. The van der Waals surface area contributed by atoms with Crippen LogP contribution >= 0.6 is 0 Å². The third-order valence-electron chi connectivity index (χ3n) is 5.09. The molecule has 2 heterocycles. The molecule has 0 aliphatic carbocycles. The SMILES string of the molecule is CC(C)(C)c1cc(C([n+]2ccccc2)[n+]2ccccc2)cc(C(C)(C)C)c1O.[Cl-].[Cl-]. The minimum Gasteiger partial charge on any atom is -1.00 e. The van der Waals surface area contributed by atoms with Crippen molar-refractivity contribution in [3.05, 3.63) is 90.0 Å². The molecular formula is C25H32Cl2N2O. The molecule has 3 nitrogen and oxygen atoms in total. The van der Waals surface area contributed by atoms with Gasteiger partial charge in [0.2, 0.25) is 0 Å². The minimum atomic E-state index is -0.159. The van der Waals surface area contributed by atoms with Crippen molar-refractivity contribution in [2.45, 2.75) is 58.5 Å². The van der Waals surface area contributed by atoms with Gasteiger partial charge in [-0.05, 0) is 23.0 Å². The van der Waals surface area contributed by atoms with E-state index in [9.17, 15) is 5.11 Å². The van der Waals surface area contributed by atoms with Crippen molar-refractivity contribution in [1.29, 1.82) is 0 Å². The number of aromatic hydroxyl groups is 1. The summed E-state index contributed by atoms with van der Waals surface area (Å²) in [5, 5.41) is 11.1. The smallest absolute Gasteiger partial charge is 0.379 e. The summed E-state index contributed by atoms with van der Waals surface area (Å²) in [5.41, 5.74) is 2.79. The maximum Gasteiger partial charge on any atom is 0.379 e. The summed E-state index contributed by atoms with van der Waals surface area (Å²) in [7, 11) is 0. The van der Waals surface area contributed by atoms with Gasteiger partial charge in [-0.15, -0.1) is 9.13 Å². The molecule has 0 saturated carbocycles. The number of phenols is 1. The molecule has 0 spiro atoms. The molecule has 0 amide bonds. The predicted molar refractivity (Wildman–Crippen MR) is 112 cm³/mol. The second-order valence-corrected chi connectivity index (χ2v) is 9.48. The van der Waals surface area contributed by atoms with Crippen LogP contribution in [0.4, 0.5) is 0 Å². The van der Waals surface area contributed by atoms with Gasteiger partial charge in [-0.3, -0.25) is 0 Å². The number of rotatable bonds is 3. The van der Waals surface area contributed by atoms with Crippen molar-refractivity contribution in [2.75, 3.05) is 0 Å². The first-order valence-corrected chi connectivity index (χ1v) is 9.88. The maximum atomic E-state index is 11.1. The Kier molecular flexibility index (Phi) is 8.48. The van der Waals surface area contributed by atoms with Crippen molar-refractivity contribution in [3.8, 4) is 5.75 Å². The molecular weight excluding hydrogens is 415 g/mol. The number of hydrogen-bond donors (Lipinski definition) is 1. The van der Waals surface area contributed by atoms with Gasteiger partial charge < -0.3 is 29.9 Å². The predicted octanol–water partition coefficient (Wildman–Crippen LogP) is -1.33. The first-order chi connectivity index (χ1) is 13.1. The Hall–Kier alpha value is -2.10. The zero-order valence-electron chi connectivity index (χ0n) is 18.6. The van der Waals surface area contributed by atoms with E-state index in [0.29, 0.717) is 5.75 Å². The number of nitrogens with zero attached hydrogens (tertiary/aromatic N) is 2. The fourth-order valence-electron chi connectivity index (χ4n) is 3.60. The van der Waals surface area contributed by atoms with Crippen molar-refractivity contribution in [1.82, 2.24) is 0 Å². The molecule has 5 heteroatoms. The second kappa shape index (κ2) is 9.80. The van der Waals surface area contributed by atoms with Crippen LogP contribution in [0.25, 0.3) is 0 Å². The summed E-state index contributed by atoms with van der Waals surface area (Å²) in [6.07, 6.45) is 8.32. The van der Waals surface area contributed by atoms with E-state index in [1.54, 1.807) is 0 Å². The first kappa shape index (κ1) is 25.9. The average Bonchev–Trinajstić information content (AvgIpc) is 2.63. The standard InChI is InChI=1S/C25H31N2O.2ClH/c1-24(2,3)20-17-19(18-21(22(20)28)25(4,5)6)23(26-13-9-7-10-14-26)27-15-11-8-12-16-27;;/h7-18,23H,1-6H3;2*1H/q+1;;/p-1. The number of hydrogen-bond acceptors (Lipinski definition) is 1. The molecule has 0 unspecified atom stereocenters. The summed E-state index contributed by atoms with van der Waals surface area (Å²) in [6.45, 7) is 12.9. The van der Waals surface area contributed by atoms with Gasteiger partial charge in [0.05, 0.1) is 5.56 Å². The largest absolute Gasteiger partial charge is 1.00 e. The van der Waals surface area contributed by atoms with Crippen LogP contribution in [0.1, 0.15) is 64.4 Å². The lowest BCUT2D eigenvalue weighted by molar-refractivity contribution is -0.934. The normalized spacial score (nSPS) is 11.6. The molecule has 30 heavy (non-hydrogen) atoms. The molecule has 0 fully saturated rings. The molecule has 0 radical (unpaired) electrons. The Morgan fingerprint density at radius 1 is 0.633 bits per heavy atom. The molecule has 1 N–H and O–H groups in total. The van der Waals surface area contributed by atoms with Gasteiger partial charge in [0.1, 0.15) is 5.75 Å². The topological polar surface area (TPSA) is 28.0 Å². The van der Waals surface area contributed by atoms with Gasteiger partial charge >= 0.3 is 6.17 Å². The highest BCUT2D eigenvalue weighted by Crippen LogP contribution is 2.40. The highest BCUT2D eigenvalue weighted by atomic mass is 35.5. The summed E-state index contributed by atoms with van der Waals surface area (Å²) in [5.74, 6) is 0.415. The zero-order chi connectivity index (χ0) is 20.5. The number of halogens is 2. The van der Waals surface area contributed by atoms with Gasteiger partial charge in [0.25, 0.3) is 0 Å². The quantitative estimate of drug-likeness (QED) is 0.495. The van der Waals surface area contributed by atoms with Crippen molar-refractivity contribution in [3.63, 3.8) is 0 Å². The van der Waals surface area contributed by atoms with Crippen molar-refractivity contribution >= 4 is 0 Å². The average molecular weight is 447 g/mol. The van der Waals surface area contributed by atoms with E-state index in [1.165, 1.54) is 0 Å². The lowest BCUT2D eigenvalue weighted by Crippen LogP contribution is -3.00. The van der Waals surface area contributed by atoms with E-state index in [4.69, 9.17) is 0 Å². The van der Waals surface area contributed by atoms with Gasteiger partial charge in [-0.1, -0.05) is 53.7 Å². The lowest BCUT2D eigenvalue weighted by Gasteiger charge is -2.28. The monoisotopic (exact) mass is 446 g/mol. The van der Waals surface area contributed by atoms with Gasteiger partial charge in [0.15, 0.2) is 24.8 Å². The van der Waals surface area contributed by atoms with Crippen LogP contribution in [0.5, 0.6) is 5.75 Å². The summed E-state index contributed by atoms with van der Waals surface area (Å²) >= 11 is 0. The maximum absolute atomic E-state index is 11.1. The van der Waals surface area contributed by atoms with Crippen LogP contribution in [0.15, 0.2) is 73.3 Å². The van der Waals surface area contributed by atoms with Gasteiger partial charge in [0, 0.05) is 35.4 Å². The van der Waals surface area contributed by atoms with E-state index in [0.717, 1.165) is 16.7 Å². The second-order valence-electron chi connectivity index (χ2n) is 9.48. The molecule has 3 rings (SSSR count). The lowest BCUT2D eigenvalue weighted by atomic mass is 9.78. The van der Waals surface area contributed by atoms with E-state index >= 15 is 0 Å². The summed E-state index contributed by atoms with van der Waals surface area (Å²) in [4.78, 5) is 0. The van der Waals surface area contributed by atoms with Crippen LogP contribution in [0.2, 0.25) is 0 Å². The first-order valence-electron chi connectivity index (χ1n) is 9.88. The Morgan fingerprint density at radius 3 is 1.27 bits per heavy atom. The van der Waals surface area contributed by atoms with Crippen molar-refractivity contribution < 1.29 is 39.1 Å². The molecule has 0 bridgehead atoms. The Morgan fingerprint density at radius 2 is 0.967 bits per heavy atom. The van der Waals surface area contributed by atoms with E-state index in [-0.39, 0.29) is 41.8 Å². The third-order valence-corrected chi connectivity index (χ3v) is 5.09. The van der Waals surface area contributed by atoms with E-state index in [1.807, 2.05) is 36.4 Å². The summed E-state index contributed by atoms with van der Waals surface area (Å²) < 4.78 is 4.40. The number of benzene rings is 1. The number of pyridine rings is 2. The Labute approximate surface area is 193 Å². The molecule has 1 aromatic carbocycles. The van der Waals surface area contributed by atoms with Gasteiger partial charge in [-0.25, -0.2) is 0 Å². The van der Waals surface area contributed by atoms with Gasteiger partial charge in [-0.2, -0.15) is 0 Å². The minimum absolute atomic E-state index is 0. The molecule has 0 aliphatic heterocycles. The van der Waals surface area contributed by atoms with Crippen LogP contribution in [-0.2, 0) is 10.8 Å². The highest BCUT2D eigenvalue weighted by Gasteiger charge is 2.34.